The van der Waals surface area contributed by atoms with Crippen molar-refractivity contribution in [2.24, 2.45) is 0 Å². The van der Waals surface area contributed by atoms with Crippen LogP contribution in [0.4, 0.5) is 34.1 Å². The van der Waals surface area contributed by atoms with Gasteiger partial charge in [-0.1, -0.05) is 322 Å². The zero-order valence-electron chi connectivity index (χ0n) is 63.3. The molecule has 3 spiro atoms. The molecular formula is C111H69N3O2S. The summed E-state index contributed by atoms with van der Waals surface area (Å²) in [5.74, 6) is 0. The van der Waals surface area contributed by atoms with Gasteiger partial charge >= 0.3 is 0 Å². The minimum absolute atomic E-state index is 0.322. The monoisotopic (exact) mass is 1510 g/mol. The lowest BCUT2D eigenvalue weighted by Gasteiger charge is -2.32. The van der Waals surface area contributed by atoms with Gasteiger partial charge in [0.15, 0.2) is 0 Å². The molecule has 6 heteroatoms. The Morgan fingerprint density at radius 2 is 0.513 bits per heavy atom. The van der Waals surface area contributed by atoms with Crippen molar-refractivity contribution in [1.29, 1.82) is 0 Å². The summed E-state index contributed by atoms with van der Waals surface area (Å²) in [6.07, 6.45) is 0. The molecule has 21 aromatic rings. The van der Waals surface area contributed by atoms with Crippen LogP contribution in [-0.2, 0) is 16.2 Å². The van der Waals surface area contributed by atoms with Gasteiger partial charge in [-0.2, -0.15) is 0 Å². The summed E-state index contributed by atoms with van der Waals surface area (Å²) >= 11 is 1.86. The number of anilines is 6. The molecule has 0 bridgehead atoms. The smallest absolute Gasteiger partial charge is 0.137 e. The van der Waals surface area contributed by atoms with E-state index < -0.39 is 5.41 Å². The van der Waals surface area contributed by atoms with Crippen LogP contribution in [-0.4, -0.2) is 0 Å². The quantitative estimate of drug-likeness (QED) is 0.155. The first-order valence-corrected chi connectivity index (χ1v) is 41.2. The van der Waals surface area contributed by atoms with Crippen LogP contribution in [0.3, 0.4) is 0 Å². The molecule has 0 unspecified atom stereocenters. The maximum Gasteiger partial charge on any atom is 0.137 e. The Labute approximate surface area is 679 Å². The van der Waals surface area contributed by atoms with Crippen LogP contribution in [0.25, 0.3) is 131 Å². The van der Waals surface area contributed by atoms with E-state index in [1.807, 2.05) is 41.7 Å². The zero-order valence-corrected chi connectivity index (χ0v) is 64.1. The molecule has 6 aliphatic carbocycles. The van der Waals surface area contributed by atoms with Gasteiger partial charge in [0.1, 0.15) is 22.3 Å². The number of benzene rings is 18. The first-order chi connectivity index (χ1) is 58.0. The van der Waals surface area contributed by atoms with Crippen molar-refractivity contribution in [3.8, 4) is 66.8 Å². The van der Waals surface area contributed by atoms with Gasteiger partial charge in [0, 0.05) is 64.8 Å². The van der Waals surface area contributed by atoms with E-state index in [0.29, 0.717) is 0 Å². The molecule has 546 valence electrons. The number of furan rings is 2. The van der Waals surface area contributed by atoms with Crippen LogP contribution in [0, 0.1) is 0 Å². The molecule has 0 aliphatic heterocycles. The number of thiophene rings is 1. The topological polar surface area (TPSA) is 62.4 Å². The van der Waals surface area contributed by atoms with Gasteiger partial charge in [-0.15, -0.1) is 11.3 Å². The second kappa shape index (κ2) is 25.1. The standard InChI is InChI=1S/2C37H23NO.C37H23NS/c1-5-16-28-23(11-1)24-12-2-6-17-29(24)37(28)30-18-7-3-13-25(30)26-15-9-20-32(36(26)37)38-31-19-10-22-34-35(31)27-14-4-8-21-33(27)39-34;1-5-14-29-24(10-1)25-11-2-6-15-30(25)37(29)31-16-7-3-12-26(31)27-21-20-23(22-32(27)37)38-33-17-9-19-35-36(33)28-13-4-8-18-34(28)39-35;1-5-15-27-23(11-1)24-12-2-6-16-28(24)37(27)29-17-7-3-13-25(29)35-30(37)18-9-19-31(35)38-32-20-10-22-34-36(32)26-14-4-8-21-33(26)39-34/h3*1-22,38H. The largest absolute Gasteiger partial charge is 0.456 e. The summed E-state index contributed by atoms with van der Waals surface area (Å²) in [5, 5.41) is 18.7. The van der Waals surface area contributed by atoms with Gasteiger partial charge in [0.05, 0.1) is 38.4 Å². The summed E-state index contributed by atoms with van der Waals surface area (Å²) in [7, 11) is 0. The Bertz CT molecular complexity index is 7530. The van der Waals surface area contributed by atoms with Crippen LogP contribution < -0.4 is 16.0 Å². The van der Waals surface area contributed by atoms with Crippen molar-refractivity contribution in [2.45, 2.75) is 16.2 Å². The summed E-state index contributed by atoms with van der Waals surface area (Å²) in [4.78, 5) is 0. The van der Waals surface area contributed by atoms with Crippen molar-refractivity contribution in [1.82, 2.24) is 0 Å². The Hall–Kier alpha value is -14.8. The maximum atomic E-state index is 6.22. The molecule has 0 radical (unpaired) electrons. The summed E-state index contributed by atoms with van der Waals surface area (Å²) < 4.78 is 15.0. The SMILES string of the molecule is c1ccc2c(c1)-c1ccccc1C21c2ccccc2-c2c(Nc3cccc4sc5ccccc5c34)cccc21.c1ccc2c(c1)-c1ccccc1C21c2ccccc2-c2ccc(Nc3cccc4oc5ccccc5c34)cc21.c1ccc2c(c1)-c1ccccc1C21c2ccccc2-c2cccc(Nc3cccc4oc5ccccc5c34)c21. The predicted molar refractivity (Wildman–Crippen MR) is 485 cm³/mol. The van der Waals surface area contributed by atoms with Crippen molar-refractivity contribution in [3.63, 3.8) is 0 Å². The van der Waals surface area contributed by atoms with Gasteiger partial charge in [0.2, 0.25) is 0 Å². The molecule has 0 fully saturated rings. The highest BCUT2D eigenvalue weighted by Gasteiger charge is 2.55. The van der Waals surface area contributed by atoms with Gasteiger partial charge in [-0.05, 0) is 201 Å². The molecule has 0 saturated heterocycles. The lowest BCUT2D eigenvalue weighted by Crippen LogP contribution is -2.26. The highest BCUT2D eigenvalue weighted by molar-refractivity contribution is 7.26. The molecule has 0 amide bonds. The highest BCUT2D eigenvalue weighted by atomic mass is 32.1. The maximum absolute atomic E-state index is 6.22. The number of para-hydroxylation sites is 2. The lowest BCUT2D eigenvalue weighted by atomic mass is 9.70. The Morgan fingerprint density at radius 3 is 1.03 bits per heavy atom. The molecule has 117 heavy (non-hydrogen) atoms. The van der Waals surface area contributed by atoms with Gasteiger partial charge in [-0.3, -0.25) is 0 Å². The first kappa shape index (κ1) is 65.7. The number of rotatable bonds is 6. The highest BCUT2D eigenvalue weighted by Crippen LogP contribution is 2.68. The second-order valence-electron chi connectivity index (χ2n) is 31.6. The third-order valence-corrected chi connectivity index (χ3v) is 27.2. The normalized spacial score (nSPS) is 13.8. The number of hydrogen-bond acceptors (Lipinski definition) is 6. The fourth-order valence-corrected chi connectivity index (χ4v) is 22.9. The number of hydrogen-bond donors (Lipinski definition) is 3. The molecule has 5 nitrogen and oxygen atoms in total. The fraction of sp³-hybridized carbons (Fsp3) is 0.0270. The zero-order chi connectivity index (χ0) is 76.7. The van der Waals surface area contributed by atoms with E-state index in [9.17, 15) is 0 Å². The average molecular weight is 1510 g/mol. The van der Waals surface area contributed by atoms with Crippen LogP contribution in [0.5, 0.6) is 0 Å². The van der Waals surface area contributed by atoms with Crippen molar-refractivity contribution >= 4 is 110 Å². The van der Waals surface area contributed by atoms with E-state index in [0.717, 1.165) is 78.0 Å². The van der Waals surface area contributed by atoms with Crippen molar-refractivity contribution in [2.75, 3.05) is 16.0 Å². The molecule has 0 saturated carbocycles. The van der Waals surface area contributed by atoms with Crippen LogP contribution in [0.1, 0.15) is 66.8 Å². The van der Waals surface area contributed by atoms with Gasteiger partial charge < -0.3 is 24.8 Å². The Morgan fingerprint density at radius 1 is 0.197 bits per heavy atom. The molecule has 27 rings (SSSR count). The average Bonchev–Trinajstić information content (AvgIpc) is 1.52. The van der Waals surface area contributed by atoms with Crippen LogP contribution in [0.15, 0.2) is 409 Å². The van der Waals surface area contributed by atoms with Gasteiger partial charge in [-0.25, -0.2) is 0 Å². The van der Waals surface area contributed by atoms with Crippen LogP contribution >= 0.6 is 11.3 Å². The van der Waals surface area contributed by atoms with E-state index in [2.05, 4.69) is 386 Å². The van der Waals surface area contributed by atoms with E-state index in [-0.39, 0.29) is 10.8 Å². The van der Waals surface area contributed by atoms with Crippen molar-refractivity contribution < 1.29 is 8.83 Å². The summed E-state index contributed by atoms with van der Waals surface area (Å²) in [6.45, 7) is 0. The van der Waals surface area contributed by atoms with Gasteiger partial charge in [0.25, 0.3) is 0 Å². The summed E-state index contributed by atoms with van der Waals surface area (Å²) in [6, 6.07) is 145. The molecular weight excluding hydrogens is 1440 g/mol. The summed E-state index contributed by atoms with van der Waals surface area (Å²) in [5.41, 5.74) is 41.1. The van der Waals surface area contributed by atoms with E-state index in [4.69, 9.17) is 8.83 Å². The number of fused-ring (bicyclic) bond motifs is 39. The van der Waals surface area contributed by atoms with E-state index >= 15 is 0 Å². The minimum atomic E-state index is -0.394. The molecule has 3 N–H and O–H groups in total. The van der Waals surface area contributed by atoms with Crippen LogP contribution in [0.2, 0.25) is 0 Å². The third kappa shape index (κ3) is 9.02. The minimum Gasteiger partial charge on any atom is -0.456 e. The molecule has 6 aliphatic rings. The Kier molecular flexibility index (Phi) is 14.1. The first-order valence-electron chi connectivity index (χ1n) is 40.4. The predicted octanol–water partition coefficient (Wildman–Crippen LogP) is 29.5. The van der Waals surface area contributed by atoms with E-state index in [1.54, 1.807) is 0 Å². The molecule has 3 heterocycles. The van der Waals surface area contributed by atoms with E-state index in [1.165, 1.54) is 154 Å². The number of nitrogens with one attached hydrogen (secondary N) is 3. The third-order valence-electron chi connectivity index (χ3n) is 26.1. The van der Waals surface area contributed by atoms with Crippen molar-refractivity contribution in [3.05, 3.63) is 467 Å². The fourth-order valence-electron chi connectivity index (χ4n) is 21.8. The molecule has 0 atom stereocenters. The lowest BCUT2D eigenvalue weighted by molar-refractivity contribution is 0.668. The molecule has 3 aromatic heterocycles. The Balaban J connectivity index is 0.0000000980. The molecule has 18 aromatic carbocycles. The second-order valence-corrected chi connectivity index (χ2v) is 32.7.